The molecule has 7 heteroatoms. The average molecular weight is 419 g/mol. The molecule has 2 aromatic carbocycles. The number of benzene rings is 2. The number of hydrogen-bond donors (Lipinski definition) is 3. The van der Waals surface area contributed by atoms with Crippen LogP contribution in [0.5, 0.6) is 0 Å². The molecule has 0 radical (unpaired) electrons. The average Bonchev–Trinajstić information content (AvgIpc) is 3.39. The molecule has 6 nitrogen and oxygen atoms in total. The Balaban J connectivity index is 1.56. The molecule has 4 aromatic rings. The van der Waals surface area contributed by atoms with Gasteiger partial charge < -0.3 is 15.6 Å². The van der Waals surface area contributed by atoms with Gasteiger partial charge in [0, 0.05) is 11.8 Å². The standard InChI is InChI=1S/C23H22N4O2S/c1-15(28)24-14-17-11-12-21(30-17)23(29)27-20(13-16-7-3-2-4-8-16)22-25-18-9-5-6-10-19(18)26-22/h2-12,20H,13-14H2,1H3,(H,24,28)(H,25,26)(H,27,29)/t20-/m0/s1. The predicted octanol–water partition coefficient (Wildman–Crippen LogP) is 3.97. The van der Waals surface area contributed by atoms with E-state index in [4.69, 9.17) is 4.98 Å². The number of aromatic nitrogens is 2. The maximum absolute atomic E-state index is 13.0. The highest BCUT2D eigenvalue weighted by atomic mass is 32.1. The van der Waals surface area contributed by atoms with E-state index in [0.717, 1.165) is 27.3 Å². The van der Waals surface area contributed by atoms with Crippen LogP contribution >= 0.6 is 11.3 Å². The second-order valence-electron chi connectivity index (χ2n) is 7.03. The van der Waals surface area contributed by atoms with E-state index < -0.39 is 0 Å². The fourth-order valence-electron chi connectivity index (χ4n) is 3.24. The summed E-state index contributed by atoms with van der Waals surface area (Å²) in [6.45, 7) is 1.90. The third kappa shape index (κ3) is 4.75. The number of thiophene rings is 1. The maximum Gasteiger partial charge on any atom is 0.261 e. The fourth-order valence-corrected chi connectivity index (χ4v) is 4.09. The van der Waals surface area contributed by atoms with Gasteiger partial charge >= 0.3 is 0 Å². The van der Waals surface area contributed by atoms with Gasteiger partial charge in [-0.25, -0.2) is 4.98 Å². The SMILES string of the molecule is CC(=O)NCc1ccc(C(=O)N[C@@H](Cc2ccccc2)c2nc3ccccc3[nH]2)s1. The number of nitrogens with zero attached hydrogens (tertiary/aromatic N) is 1. The van der Waals surface area contributed by atoms with Crippen LogP contribution in [0, 0.1) is 0 Å². The van der Waals surface area contributed by atoms with Crippen LogP contribution in [-0.2, 0) is 17.8 Å². The minimum atomic E-state index is -0.298. The second-order valence-corrected chi connectivity index (χ2v) is 8.20. The number of carbonyl (C=O) groups excluding carboxylic acids is 2. The zero-order valence-electron chi connectivity index (χ0n) is 16.5. The van der Waals surface area contributed by atoms with Gasteiger partial charge in [-0.2, -0.15) is 0 Å². The summed E-state index contributed by atoms with van der Waals surface area (Å²) >= 11 is 1.37. The molecule has 0 aliphatic carbocycles. The summed E-state index contributed by atoms with van der Waals surface area (Å²) in [7, 11) is 0. The van der Waals surface area contributed by atoms with Crippen LogP contribution in [0.1, 0.15) is 38.9 Å². The number of fused-ring (bicyclic) bond motifs is 1. The van der Waals surface area contributed by atoms with Crippen molar-refractivity contribution in [2.75, 3.05) is 0 Å². The zero-order valence-corrected chi connectivity index (χ0v) is 17.3. The van der Waals surface area contributed by atoms with Gasteiger partial charge in [0.05, 0.1) is 28.5 Å². The molecular weight excluding hydrogens is 396 g/mol. The van der Waals surface area contributed by atoms with Crippen molar-refractivity contribution >= 4 is 34.2 Å². The Morgan fingerprint density at radius 3 is 2.57 bits per heavy atom. The smallest absolute Gasteiger partial charge is 0.261 e. The molecule has 0 bridgehead atoms. The van der Waals surface area contributed by atoms with Crippen molar-refractivity contribution in [3.63, 3.8) is 0 Å². The Morgan fingerprint density at radius 1 is 1.03 bits per heavy atom. The van der Waals surface area contributed by atoms with Crippen LogP contribution in [0.15, 0.2) is 66.7 Å². The van der Waals surface area contributed by atoms with Gasteiger partial charge in [-0.3, -0.25) is 9.59 Å². The summed E-state index contributed by atoms with van der Waals surface area (Å²) in [5, 5.41) is 5.88. The van der Waals surface area contributed by atoms with E-state index in [-0.39, 0.29) is 17.9 Å². The second kappa shape index (κ2) is 8.92. The van der Waals surface area contributed by atoms with Gasteiger partial charge in [0.2, 0.25) is 5.91 Å². The molecule has 0 fully saturated rings. The summed E-state index contributed by atoms with van der Waals surface area (Å²) in [6, 6.07) is 21.2. The van der Waals surface area contributed by atoms with Crippen molar-refractivity contribution in [2.24, 2.45) is 0 Å². The molecule has 0 aliphatic rings. The van der Waals surface area contributed by atoms with Crippen LogP contribution in [0.3, 0.4) is 0 Å². The van der Waals surface area contributed by atoms with E-state index in [1.165, 1.54) is 18.3 Å². The molecule has 2 aromatic heterocycles. The number of H-pyrrole nitrogens is 1. The molecule has 4 rings (SSSR count). The first-order valence-electron chi connectivity index (χ1n) is 9.71. The summed E-state index contributed by atoms with van der Waals surface area (Å²) in [5.41, 5.74) is 2.92. The first-order valence-corrected chi connectivity index (χ1v) is 10.5. The highest BCUT2D eigenvalue weighted by molar-refractivity contribution is 7.14. The predicted molar refractivity (Wildman–Crippen MR) is 118 cm³/mol. The first-order chi connectivity index (χ1) is 14.6. The topological polar surface area (TPSA) is 86.9 Å². The van der Waals surface area contributed by atoms with Crippen LogP contribution in [0.25, 0.3) is 11.0 Å². The Bertz CT molecular complexity index is 1130. The Labute approximate surface area is 178 Å². The molecule has 2 heterocycles. The molecule has 0 saturated carbocycles. The Kier molecular flexibility index (Phi) is 5.90. The van der Waals surface area contributed by atoms with Gasteiger partial charge in [-0.15, -0.1) is 11.3 Å². The molecule has 0 saturated heterocycles. The maximum atomic E-state index is 13.0. The normalized spacial score (nSPS) is 11.9. The van der Waals surface area contributed by atoms with E-state index in [1.54, 1.807) is 6.07 Å². The highest BCUT2D eigenvalue weighted by Crippen LogP contribution is 2.22. The number of aromatic amines is 1. The number of rotatable bonds is 7. The number of imidazole rings is 1. The summed E-state index contributed by atoms with van der Waals surface area (Å²) in [4.78, 5) is 33.6. The molecule has 30 heavy (non-hydrogen) atoms. The lowest BCUT2D eigenvalue weighted by molar-refractivity contribution is -0.119. The first kappa shape index (κ1) is 19.8. The third-order valence-electron chi connectivity index (χ3n) is 4.72. The van der Waals surface area contributed by atoms with Crippen molar-refractivity contribution < 1.29 is 9.59 Å². The summed E-state index contributed by atoms with van der Waals surface area (Å²) in [5.74, 6) is 0.473. The minimum Gasteiger partial charge on any atom is -0.351 e. The molecule has 0 spiro atoms. The van der Waals surface area contributed by atoms with Gasteiger partial charge in [0.15, 0.2) is 0 Å². The van der Waals surface area contributed by atoms with Crippen LogP contribution in [-0.4, -0.2) is 21.8 Å². The van der Waals surface area contributed by atoms with Crippen molar-refractivity contribution in [2.45, 2.75) is 25.9 Å². The van der Waals surface area contributed by atoms with Crippen LogP contribution < -0.4 is 10.6 Å². The molecular formula is C23H22N4O2S. The Morgan fingerprint density at radius 2 is 1.80 bits per heavy atom. The van der Waals surface area contributed by atoms with Gasteiger partial charge in [-0.05, 0) is 36.2 Å². The largest absolute Gasteiger partial charge is 0.351 e. The highest BCUT2D eigenvalue weighted by Gasteiger charge is 2.21. The van der Waals surface area contributed by atoms with Gasteiger partial charge in [0.1, 0.15) is 5.82 Å². The van der Waals surface area contributed by atoms with E-state index in [2.05, 4.69) is 15.6 Å². The quantitative estimate of drug-likeness (QED) is 0.424. The van der Waals surface area contributed by atoms with Gasteiger partial charge in [-0.1, -0.05) is 42.5 Å². The molecule has 3 N–H and O–H groups in total. The lowest BCUT2D eigenvalue weighted by Crippen LogP contribution is -2.30. The number of hydrogen-bond acceptors (Lipinski definition) is 4. The summed E-state index contributed by atoms with van der Waals surface area (Å²) < 4.78 is 0. The number of carbonyl (C=O) groups is 2. The van der Waals surface area contributed by atoms with E-state index in [0.29, 0.717) is 17.8 Å². The minimum absolute atomic E-state index is 0.0952. The summed E-state index contributed by atoms with van der Waals surface area (Å²) in [6.07, 6.45) is 0.622. The number of nitrogens with one attached hydrogen (secondary N) is 3. The van der Waals surface area contributed by atoms with E-state index in [9.17, 15) is 9.59 Å². The van der Waals surface area contributed by atoms with Crippen LogP contribution in [0.4, 0.5) is 0 Å². The van der Waals surface area contributed by atoms with E-state index >= 15 is 0 Å². The van der Waals surface area contributed by atoms with Crippen LogP contribution in [0.2, 0.25) is 0 Å². The molecule has 2 amide bonds. The number of para-hydroxylation sites is 2. The lowest BCUT2D eigenvalue weighted by atomic mass is 10.1. The van der Waals surface area contributed by atoms with Gasteiger partial charge in [0.25, 0.3) is 5.91 Å². The van der Waals surface area contributed by atoms with E-state index in [1.807, 2.05) is 60.7 Å². The molecule has 0 unspecified atom stereocenters. The van der Waals surface area contributed by atoms with Crippen molar-refractivity contribution in [3.05, 3.63) is 87.9 Å². The molecule has 152 valence electrons. The monoisotopic (exact) mass is 418 g/mol. The van der Waals surface area contributed by atoms with Crippen molar-refractivity contribution in [1.82, 2.24) is 20.6 Å². The fraction of sp³-hybridized carbons (Fsp3) is 0.174. The zero-order chi connectivity index (χ0) is 20.9. The van der Waals surface area contributed by atoms with Crippen molar-refractivity contribution in [3.8, 4) is 0 Å². The molecule has 0 aliphatic heterocycles. The Hall–Kier alpha value is -3.45. The van der Waals surface area contributed by atoms with Crippen molar-refractivity contribution in [1.29, 1.82) is 0 Å². The molecule has 1 atom stereocenters. The lowest BCUT2D eigenvalue weighted by Gasteiger charge is -2.16. The number of amides is 2. The third-order valence-corrected chi connectivity index (χ3v) is 5.81.